The van der Waals surface area contributed by atoms with Crippen LogP contribution in [0.25, 0.3) is 16.3 Å². The van der Waals surface area contributed by atoms with E-state index < -0.39 is 5.97 Å². The Morgan fingerprint density at radius 3 is 2.16 bits per heavy atom. The molecule has 0 aliphatic rings. The van der Waals surface area contributed by atoms with Crippen LogP contribution in [0, 0.1) is 0 Å². The van der Waals surface area contributed by atoms with Gasteiger partial charge < -0.3 is 14.6 Å². The van der Waals surface area contributed by atoms with Gasteiger partial charge in [-0.2, -0.15) is 0 Å². The fourth-order valence-corrected chi connectivity index (χ4v) is 1.89. The van der Waals surface area contributed by atoms with Gasteiger partial charge in [0.2, 0.25) is 0 Å². The molecule has 0 aliphatic carbocycles. The fourth-order valence-electron chi connectivity index (χ4n) is 1.89. The van der Waals surface area contributed by atoms with Crippen molar-refractivity contribution in [3.63, 3.8) is 0 Å². The molecular weight excluding hydrogens is 244 g/mol. The Morgan fingerprint density at radius 2 is 1.63 bits per heavy atom. The minimum Gasteiger partial charge on any atom is -0.493 e. The number of methoxy groups -OCH3 is 2. The quantitative estimate of drug-likeness (QED) is 0.857. The van der Waals surface area contributed by atoms with E-state index in [2.05, 4.69) is 6.58 Å². The topological polar surface area (TPSA) is 55.8 Å². The highest BCUT2D eigenvalue weighted by Gasteiger charge is 2.10. The van der Waals surface area contributed by atoms with Gasteiger partial charge in [0.1, 0.15) is 0 Å². The van der Waals surface area contributed by atoms with Gasteiger partial charge in [-0.05, 0) is 34.5 Å². The predicted molar refractivity (Wildman–Crippen MR) is 73.7 cm³/mol. The van der Waals surface area contributed by atoms with Gasteiger partial charge >= 0.3 is 5.97 Å². The van der Waals surface area contributed by atoms with Gasteiger partial charge in [-0.25, -0.2) is 4.79 Å². The maximum absolute atomic E-state index is 10.9. The average Bonchev–Trinajstić information content (AvgIpc) is 2.44. The van der Waals surface area contributed by atoms with Crippen LogP contribution in [0.4, 0.5) is 0 Å². The summed E-state index contributed by atoms with van der Waals surface area (Å²) < 4.78 is 10.5. The highest BCUT2D eigenvalue weighted by atomic mass is 16.5. The van der Waals surface area contributed by atoms with Crippen molar-refractivity contribution >= 4 is 22.3 Å². The van der Waals surface area contributed by atoms with Gasteiger partial charge in [-0.3, -0.25) is 0 Å². The minimum absolute atomic E-state index is 0.0664. The first-order chi connectivity index (χ1) is 9.06. The van der Waals surface area contributed by atoms with E-state index in [4.69, 9.17) is 14.6 Å². The summed E-state index contributed by atoms with van der Waals surface area (Å²) in [4.78, 5) is 10.9. The van der Waals surface area contributed by atoms with E-state index in [0.29, 0.717) is 17.1 Å². The highest BCUT2D eigenvalue weighted by molar-refractivity contribution is 6.15. The van der Waals surface area contributed by atoms with Crippen LogP contribution >= 0.6 is 0 Å². The number of benzene rings is 2. The first kappa shape index (κ1) is 13.0. The summed E-state index contributed by atoms with van der Waals surface area (Å²) in [5, 5.41) is 10.8. The molecule has 0 bridgehead atoms. The molecule has 1 N–H and O–H groups in total. The predicted octanol–water partition coefficient (Wildman–Crippen LogP) is 2.95. The minimum atomic E-state index is -1.03. The molecule has 19 heavy (non-hydrogen) atoms. The van der Waals surface area contributed by atoms with E-state index in [0.717, 1.165) is 10.8 Å². The van der Waals surface area contributed by atoms with Crippen LogP contribution < -0.4 is 9.47 Å². The van der Waals surface area contributed by atoms with Crippen molar-refractivity contribution in [3.8, 4) is 11.5 Å². The molecule has 2 aromatic rings. The lowest BCUT2D eigenvalue weighted by atomic mass is 10.0. The van der Waals surface area contributed by atoms with Crippen molar-refractivity contribution in [2.75, 3.05) is 14.2 Å². The number of ether oxygens (including phenoxy) is 2. The van der Waals surface area contributed by atoms with Crippen LogP contribution in [-0.2, 0) is 4.79 Å². The molecule has 0 saturated carbocycles. The Balaban J connectivity index is 2.60. The van der Waals surface area contributed by atoms with Crippen molar-refractivity contribution in [2.45, 2.75) is 0 Å². The number of fused-ring (bicyclic) bond motifs is 1. The van der Waals surface area contributed by atoms with Crippen LogP contribution in [0.3, 0.4) is 0 Å². The smallest absolute Gasteiger partial charge is 0.335 e. The summed E-state index contributed by atoms with van der Waals surface area (Å²) in [7, 11) is 3.13. The lowest BCUT2D eigenvalue weighted by Crippen LogP contribution is -1.98. The lowest BCUT2D eigenvalue weighted by Gasteiger charge is -2.10. The summed E-state index contributed by atoms with van der Waals surface area (Å²) in [5.41, 5.74) is 0.643. The number of rotatable bonds is 4. The van der Waals surface area contributed by atoms with Crippen LogP contribution in [0.5, 0.6) is 11.5 Å². The maximum atomic E-state index is 10.9. The molecule has 0 heterocycles. The monoisotopic (exact) mass is 258 g/mol. The molecule has 0 atom stereocenters. The van der Waals surface area contributed by atoms with E-state index in [1.807, 2.05) is 18.2 Å². The molecule has 0 amide bonds. The van der Waals surface area contributed by atoms with Crippen LogP contribution in [0.2, 0.25) is 0 Å². The van der Waals surface area contributed by atoms with E-state index in [-0.39, 0.29) is 5.57 Å². The van der Waals surface area contributed by atoms with Gasteiger partial charge in [0.15, 0.2) is 11.5 Å². The molecule has 4 heteroatoms. The fraction of sp³-hybridized carbons (Fsp3) is 0.133. The standard InChI is InChI=1S/C15H14O4/c1-9(15(16)17)10-4-5-11-7-13(18-2)14(19-3)8-12(11)6-10/h4-8H,1H2,2-3H3,(H,16,17). The number of carboxylic acids is 1. The van der Waals surface area contributed by atoms with Crippen LogP contribution in [0.15, 0.2) is 36.9 Å². The van der Waals surface area contributed by atoms with Crippen molar-refractivity contribution < 1.29 is 19.4 Å². The third-order valence-corrected chi connectivity index (χ3v) is 2.95. The zero-order chi connectivity index (χ0) is 14.0. The Morgan fingerprint density at radius 1 is 1.05 bits per heavy atom. The maximum Gasteiger partial charge on any atom is 0.335 e. The van der Waals surface area contributed by atoms with Gasteiger partial charge in [0.05, 0.1) is 19.8 Å². The number of hydrogen-bond donors (Lipinski definition) is 1. The molecule has 0 aliphatic heterocycles. The summed E-state index contributed by atoms with van der Waals surface area (Å²) >= 11 is 0. The molecule has 2 aromatic carbocycles. The van der Waals surface area contributed by atoms with E-state index in [1.54, 1.807) is 26.4 Å². The van der Waals surface area contributed by atoms with Gasteiger partial charge in [-0.15, -0.1) is 0 Å². The second-order valence-corrected chi connectivity index (χ2v) is 4.05. The third kappa shape index (κ3) is 2.38. The van der Waals surface area contributed by atoms with Crippen LogP contribution in [-0.4, -0.2) is 25.3 Å². The van der Waals surface area contributed by atoms with Crippen molar-refractivity contribution in [1.29, 1.82) is 0 Å². The molecule has 0 spiro atoms. The molecule has 0 unspecified atom stereocenters. The second kappa shape index (κ2) is 5.02. The third-order valence-electron chi connectivity index (χ3n) is 2.95. The summed E-state index contributed by atoms with van der Waals surface area (Å²) in [6.45, 7) is 3.55. The second-order valence-electron chi connectivity index (χ2n) is 4.05. The van der Waals surface area contributed by atoms with Crippen molar-refractivity contribution in [1.82, 2.24) is 0 Å². The first-order valence-corrected chi connectivity index (χ1v) is 5.65. The Kier molecular flexibility index (Phi) is 3.42. The Labute approximate surface area is 110 Å². The van der Waals surface area contributed by atoms with E-state index in [1.165, 1.54) is 0 Å². The van der Waals surface area contributed by atoms with Gasteiger partial charge in [0.25, 0.3) is 0 Å². The summed E-state index contributed by atoms with van der Waals surface area (Å²) in [6, 6.07) is 8.99. The normalized spacial score (nSPS) is 10.2. The summed E-state index contributed by atoms with van der Waals surface area (Å²) in [6.07, 6.45) is 0. The average molecular weight is 258 g/mol. The van der Waals surface area contributed by atoms with E-state index in [9.17, 15) is 4.79 Å². The Hall–Kier alpha value is -2.49. The molecule has 98 valence electrons. The van der Waals surface area contributed by atoms with Gasteiger partial charge in [-0.1, -0.05) is 18.7 Å². The number of aliphatic carboxylic acids is 1. The molecular formula is C15H14O4. The number of carboxylic acid groups (broad SMARTS) is 1. The molecule has 0 saturated heterocycles. The van der Waals surface area contributed by atoms with Crippen molar-refractivity contribution in [2.24, 2.45) is 0 Å². The van der Waals surface area contributed by atoms with E-state index >= 15 is 0 Å². The summed E-state index contributed by atoms with van der Waals surface area (Å²) in [5.74, 6) is 0.215. The molecule has 0 aromatic heterocycles. The zero-order valence-electron chi connectivity index (χ0n) is 10.8. The zero-order valence-corrected chi connectivity index (χ0v) is 10.8. The molecule has 0 fully saturated rings. The molecule has 4 nitrogen and oxygen atoms in total. The lowest BCUT2D eigenvalue weighted by molar-refractivity contribution is -0.130. The Bertz CT molecular complexity index is 658. The SMILES string of the molecule is C=C(C(=O)O)c1ccc2cc(OC)c(OC)cc2c1. The first-order valence-electron chi connectivity index (χ1n) is 5.65. The molecule has 0 radical (unpaired) electrons. The van der Waals surface area contributed by atoms with Crippen molar-refractivity contribution in [3.05, 3.63) is 42.5 Å². The number of hydrogen-bond acceptors (Lipinski definition) is 3. The highest BCUT2D eigenvalue weighted by Crippen LogP contribution is 2.33. The van der Waals surface area contributed by atoms with Crippen LogP contribution in [0.1, 0.15) is 5.56 Å². The largest absolute Gasteiger partial charge is 0.493 e. The van der Waals surface area contributed by atoms with Gasteiger partial charge in [0, 0.05) is 0 Å². The number of carbonyl (C=O) groups is 1. The molecule has 2 rings (SSSR count).